The molecule has 2 rings (SSSR count). The van der Waals surface area contributed by atoms with Gasteiger partial charge in [-0.1, -0.05) is 6.07 Å². The molecule has 0 atom stereocenters. The van der Waals surface area contributed by atoms with E-state index in [0.29, 0.717) is 12.5 Å². The van der Waals surface area contributed by atoms with Crippen molar-refractivity contribution in [3.8, 4) is 5.75 Å². The molecular formula is C14H17ClN2O4. The van der Waals surface area contributed by atoms with E-state index < -0.39 is 4.92 Å². The third kappa shape index (κ3) is 3.26. The Balaban J connectivity index is 2.18. The predicted octanol–water partition coefficient (Wildman–Crippen LogP) is 2.69. The average Bonchev–Trinajstić information content (AvgIpc) is 2.43. The molecule has 0 aliphatic heterocycles. The van der Waals surface area contributed by atoms with E-state index in [2.05, 4.69) is 0 Å². The summed E-state index contributed by atoms with van der Waals surface area (Å²) in [6.07, 6.45) is 1.79. The van der Waals surface area contributed by atoms with Crippen molar-refractivity contribution in [3.63, 3.8) is 0 Å². The second-order valence-corrected chi connectivity index (χ2v) is 5.85. The summed E-state index contributed by atoms with van der Waals surface area (Å²) in [4.78, 5) is 24.4. The van der Waals surface area contributed by atoms with E-state index in [-0.39, 0.29) is 28.3 Å². The largest absolute Gasteiger partial charge is 0.490 e. The normalized spacial score (nSPS) is 20.5. The SMILES string of the molecule is COc1c(C(=O)N(C)CC2CC(Cl)C2)cccc1[N+](=O)[O-]. The smallest absolute Gasteiger partial charge is 0.311 e. The first kappa shape index (κ1) is 15.6. The molecule has 0 bridgehead atoms. The molecule has 1 aromatic carbocycles. The zero-order valence-corrected chi connectivity index (χ0v) is 12.7. The van der Waals surface area contributed by atoms with Gasteiger partial charge in [-0.15, -0.1) is 11.6 Å². The highest BCUT2D eigenvalue weighted by molar-refractivity contribution is 6.21. The van der Waals surface area contributed by atoms with Crippen molar-refractivity contribution >= 4 is 23.2 Å². The molecule has 114 valence electrons. The summed E-state index contributed by atoms with van der Waals surface area (Å²) in [5.74, 6) is 0.114. The zero-order chi connectivity index (χ0) is 15.6. The molecule has 0 spiro atoms. The quantitative estimate of drug-likeness (QED) is 0.476. The number of nitro benzene ring substituents is 1. The molecule has 0 aromatic heterocycles. The third-order valence-corrected chi connectivity index (χ3v) is 4.04. The van der Waals surface area contributed by atoms with Gasteiger partial charge in [-0.3, -0.25) is 14.9 Å². The lowest BCUT2D eigenvalue weighted by Crippen LogP contribution is -2.38. The number of halogens is 1. The number of carbonyl (C=O) groups excluding carboxylic acids is 1. The maximum atomic E-state index is 12.4. The highest BCUT2D eigenvalue weighted by atomic mass is 35.5. The summed E-state index contributed by atoms with van der Waals surface area (Å²) in [7, 11) is 3.01. The summed E-state index contributed by atoms with van der Waals surface area (Å²) in [5.41, 5.74) is -0.00263. The number of carbonyl (C=O) groups is 1. The second-order valence-electron chi connectivity index (χ2n) is 5.24. The fourth-order valence-electron chi connectivity index (χ4n) is 2.53. The Morgan fingerprint density at radius 3 is 2.71 bits per heavy atom. The standard InChI is InChI=1S/C14H17ClN2O4/c1-16(8-9-6-10(15)7-9)14(18)11-4-3-5-12(17(19)20)13(11)21-2/h3-5,9-10H,6-8H2,1-2H3. The first-order valence-electron chi connectivity index (χ1n) is 6.65. The van der Waals surface area contributed by atoms with Crippen LogP contribution in [0.2, 0.25) is 0 Å². The number of benzene rings is 1. The van der Waals surface area contributed by atoms with Crippen LogP contribution >= 0.6 is 11.6 Å². The van der Waals surface area contributed by atoms with Gasteiger partial charge in [0.15, 0.2) is 0 Å². The van der Waals surface area contributed by atoms with Crippen molar-refractivity contribution in [1.29, 1.82) is 0 Å². The number of methoxy groups -OCH3 is 1. The molecule has 0 N–H and O–H groups in total. The van der Waals surface area contributed by atoms with Gasteiger partial charge < -0.3 is 9.64 Å². The van der Waals surface area contributed by atoms with Crippen LogP contribution in [0.3, 0.4) is 0 Å². The molecule has 6 nitrogen and oxygen atoms in total. The van der Waals surface area contributed by atoms with E-state index in [1.54, 1.807) is 11.9 Å². The number of ether oxygens (including phenoxy) is 1. The van der Waals surface area contributed by atoms with E-state index in [1.165, 1.54) is 25.3 Å². The predicted molar refractivity (Wildman–Crippen MR) is 79.0 cm³/mol. The Morgan fingerprint density at radius 2 is 2.19 bits per heavy atom. The summed E-state index contributed by atoms with van der Waals surface area (Å²) < 4.78 is 5.06. The number of hydrogen-bond acceptors (Lipinski definition) is 4. The molecule has 0 radical (unpaired) electrons. The minimum absolute atomic E-state index is 0.00294. The lowest BCUT2D eigenvalue weighted by molar-refractivity contribution is -0.385. The molecule has 1 aliphatic rings. The summed E-state index contributed by atoms with van der Waals surface area (Å²) in [6.45, 7) is 0.591. The molecule has 1 fully saturated rings. The van der Waals surface area contributed by atoms with Gasteiger partial charge in [0.05, 0.1) is 17.6 Å². The van der Waals surface area contributed by atoms with Crippen LogP contribution in [0.25, 0.3) is 0 Å². The van der Waals surface area contributed by atoms with E-state index in [0.717, 1.165) is 12.8 Å². The number of para-hydroxylation sites is 1. The fourth-order valence-corrected chi connectivity index (χ4v) is 3.03. The lowest BCUT2D eigenvalue weighted by atomic mass is 9.84. The molecule has 21 heavy (non-hydrogen) atoms. The Hall–Kier alpha value is -1.82. The van der Waals surface area contributed by atoms with Gasteiger partial charge in [0, 0.05) is 25.0 Å². The summed E-state index contributed by atoms with van der Waals surface area (Å²) in [5, 5.41) is 11.2. The molecule has 1 saturated carbocycles. The number of nitrogens with zero attached hydrogens (tertiary/aromatic N) is 2. The van der Waals surface area contributed by atoms with Crippen LogP contribution in [0.15, 0.2) is 18.2 Å². The highest BCUT2D eigenvalue weighted by Crippen LogP contribution is 2.34. The van der Waals surface area contributed by atoms with Crippen LogP contribution in [0, 0.1) is 16.0 Å². The first-order chi connectivity index (χ1) is 9.93. The average molecular weight is 313 g/mol. The minimum atomic E-state index is -0.556. The van der Waals surface area contributed by atoms with Gasteiger partial charge in [0.1, 0.15) is 0 Å². The van der Waals surface area contributed by atoms with Crippen LogP contribution in [-0.4, -0.2) is 41.8 Å². The number of nitro groups is 1. The Morgan fingerprint density at radius 1 is 1.52 bits per heavy atom. The van der Waals surface area contributed by atoms with Crippen molar-refractivity contribution in [1.82, 2.24) is 4.90 Å². The van der Waals surface area contributed by atoms with Crippen LogP contribution in [-0.2, 0) is 0 Å². The molecule has 1 aliphatic carbocycles. The minimum Gasteiger partial charge on any atom is -0.490 e. The van der Waals surface area contributed by atoms with Crippen molar-refractivity contribution in [3.05, 3.63) is 33.9 Å². The van der Waals surface area contributed by atoms with E-state index >= 15 is 0 Å². The molecule has 1 amide bonds. The maximum absolute atomic E-state index is 12.4. The van der Waals surface area contributed by atoms with Crippen molar-refractivity contribution in [2.75, 3.05) is 20.7 Å². The van der Waals surface area contributed by atoms with Crippen LogP contribution in [0.5, 0.6) is 5.75 Å². The number of alkyl halides is 1. The van der Waals surface area contributed by atoms with Gasteiger partial charge in [0.2, 0.25) is 5.75 Å². The Kier molecular flexibility index (Phi) is 4.67. The molecule has 7 heteroatoms. The van der Waals surface area contributed by atoms with Crippen LogP contribution in [0.4, 0.5) is 5.69 Å². The molecule has 1 aromatic rings. The van der Waals surface area contributed by atoms with E-state index in [4.69, 9.17) is 16.3 Å². The fraction of sp³-hybridized carbons (Fsp3) is 0.500. The van der Waals surface area contributed by atoms with Gasteiger partial charge in [-0.25, -0.2) is 0 Å². The molecule has 0 saturated heterocycles. The number of hydrogen-bond donors (Lipinski definition) is 0. The Bertz CT molecular complexity index is 558. The molecule has 0 unspecified atom stereocenters. The monoisotopic (exact) mass is 312 g/mol. The second kappa shape index (κ2) is 6.30. The van der Waals surface area contributed by atoms with Gasteiger partial charge in [-0.2, -0.15) is 0 Å². The van der Waals surface area contributed by atoms with Crippen molar-refractivity contribution < 1.29 is 14.5 Å². The number of amides is 1. The van der Waals surface area contributed by atoms with Crippen LogP contribution < -0.4 is 4.74 Å². The van der Waals surface area contributed by atoms with E-state index in [9.17, 15) is 14.9 Å². The van der Waals surface area contributed by atoms with Crippen molar-refractivity contribution in [2.45, 2.75) is 18.2 Å². The van der Waals surface area contributed by atoms with Gasteiger partial charge >= 0.3 is 5.69 Å². The summed E-state index contributed by atoms with van der Waals surface area (Å²) in [6, 6.07) is 4.34. The van der Waals surface area contributed by atoms with Gasteiger partial charge in [-0.05, 0) is 24.8 Å². The number of rotatable bonds is 5. The van der Waals surface area contributed by atoms with E-state index in [1.807, 2.05) is 0 Å². The third-order valence-electron chi connectivity index (χ3n) is 3.68. The summed E-state index contributed by atoms with van der Waals surface area (Å²) >= 11 is 5.93. The van der Waals surface area contributed by atoms with Crippen LogP contribution in [0.1, 0.15) is 23.2 Å². The maximum Gasteiger partial charge on any atom is 0.311 e. The molecular weight excluding hydrogens is 296 g/mol. The molecule has 0 heterocycles. The lowest BCUT2D eigenvalue weighted by Gasteiger charge is -2.34. The Labute approximate surface area is 127 Å². The highest BCUT2D eigenvalue weighted by Gasteiger charge is 2.31. The topological polar surface area (TPSA) is 72.7 Å². The van der Waals surface area contributed by atoms with Crippen molar-refractivity contribution in [2.24, 2.45) is 5.92 Å². The first-order valence-corrected chi connectivity index (χ1v) is 7.08. The zero-order valence-electron chi connectivity index (χ0n) is 11.9. The van der Waals surface area contributed by atoms with Gasteiger partial charge in [0.25, 0.3) is 5.91 Å².